The number of carbonyl (C=O) groups is 3. The van der Waals surface area contributed by atoms with E-state index in [2.05, 4.69) is 10.2 Å². The Kier molecular flexibility index (Phi) is 8.59. The Morgan fingerprint density at radius 1 is 0.930 bits per heavy atom. The van der Waals surface area contributed by atoms with E-state index in [9.17, 15) is 14.4 Å². The molecule has 224 valence electrons. The van der Waals surface area contributed by atoms with E-state index in [0.29, 0.717) is 41.8 Å². The highest BCUT2D eigenvalue weighted by Gasteiger charge is 2.42. The molecule has 0 radical (unpaired) electrons. The third kappa shape index (κ3) is 6.44. The first kappa shape index (κ1) is 29.9. The number of anilines is 3. The predicted octanol–water partition coefficient (Wildman–Crippen LogP) is 5.14. The van der Waals surface area contributed by atoms with E-state index in [1.54, 1.807) is 59.5 Å². The summed E-state index contributed by atoms with van der Waals surface area (Å²) in [6.45, 7) is 0.755. The number of allylic oxidation sites excluding steroid dienone is 1. The number of nitrogens with two attached hydrogens (primary N) is 1. The number of benzene rings is 3. The molecule has 2 aliphatic rings. The normalized spacial score (nSPS) is 17.8. The van der Waals surface area contributed by atoms with Crippen LogP contribution in [-0.2, 0) is 4.79 Å². The first-order chi connectivity index (χ1) is 20.5. The molecule has 2 heterocycles. The number of alkyl halides is 2. The van der Waals surface area contributed by atoms with E-state index in [4.69, 9.17) is 5.73 Å². The van der Waals surface area contributed by atoms with E-state index in [0.717, 1.165) is 18.9 Å². The molecule has 0 aliphatic carbocycles. The van der Waals surface area contributed by atoms with Crippen LogP contribution in [0.25, 0.3) is 5.57 Å². The van der Waals surface area contributed by atoms with Gasteiger partial charge in [-0.2, -0.15) is 0 Å². The van der Waals surface area contributed by atoms with Crippen molar-refractivity contribution < 1.29 is 23.2 Å². The summed E-state index contributed by atoms with van der Waals surface area (Å²) in [5.41, 5.74) is 7.36. The van der Waals surface area contributed by atoms with Crippen LogP contribution in [0.4, 0.5) is 25.8 Å². The van der Waals surface area contributed by atoms with Crippen LogP contribution in [0.15, 0.2) is 78.9 Å². The van der Waals surface area contributed by atoms with Crippen molar-refractivity contribution in [3.05, 3.63) is 95.6 Å². The van der Waals surface area contributed by atoms with Gasteiger partial charge >= 0.3 is 0 Å². The van der Waals surface area contributed by atoms with Gasteiger partial charge in [0.05, 0.1) is 11.3 Å². The number of nitrogens with zero attached hydrogens (tertiary/aromatic N) is 3. The number of likely N-dealkylation sites (tertiary alicyclic amines) is 1. The zero-order chi connectivity index (χ0) is 30.7. The van der Waals surface area contributed by atoms with Crippen molar-refractivity contribution in [2.45, 2.75) is 31.2 Å². The molecule has 1 saturated heterocycles. The number of rotatable bonds is 5. The molecule has 5 rings (SSSR count). The van der Waals surface area contributed by atoms with E-state index in [1.807, 2.05) is 14.1 Å². The van der Waals surface area contributed by atoms with Gasteiger partial charge < -0.3 is 25.8 Å². The summed E-state index contributed by atoms with van der Waals surface area (Å²) >= 11 is 0. The van der Waals surface area contributed by atoms with Gasteiger partial charge in [0.15, 0.2) is 0 Å². The van der Waals surface area contributed by atoms with Crippen molar-refractivity contribution in [3.63, 3.8) is 0 Å². The Bertz CT molecular complexity index is 1550. The van der Waals surface area contributed by atoms with Gasteiger partial charge in [-0.05, 0) is 69.4 Å². The molecule has 0 spiro atoms. The van der Waals surface area contributed by atoms with Crippen molar-refractivity contribution in [1.29, 1.82) is 0 Å². The Morgan fingerprint density at radius 2 is 1.58 bits per heavy atom. The van der Waals surface area contributed by atoms with Crippen LogP contribution in [-0.4, -0.2) is 73.2 Å². The minimum atomic E-state index is -3.32. The second-order valence-electron chi connectivity index (χ2n) is 11.1. The number of hydrogen-bond donors (Lipinski definition) is 2. The van der Waals surface area contributed by atoms with Crippen LogP contribution in [0.1, 0.15) is 45.5 Å². The van der Waals surface area contributed by atoms with Gasteiger partial charge in [0.2, 0.25) is 5.91 Å². The first-order valence-electron chi connectivity index (χ1n) is 14.3. The van der Waals surface area contributed by atoms with Crippen LogP contribution in [0.5, 0.6) is 0 Å². The molecule has 0 aromatic heterocycles. The fourth-order valence-electron chi connectivity index (χ4n) is 5.61. The molecule has 2 aliphatic heterocycles. The van der Waals surface area contributed by atoms with Crippen LogP contribution in [0.2, 0.25) is 0 Å². The van der Waals surface area contributed by atoms with Gasteiger partial charge in [-0.3, -0.25) is 14.4 Å². The average molecular weight is 588 g/mol. The summed E-state index contributed by atoms with van der Waals surface area (Å²) in [5, 5.41) is 2.75. The molecule has 8 nitrogen and oxygen atoms in total. The molecule has 3 aromatic rings. The van der Waals surface area contributed by atoms with E-state index >= 15 is 8.78 Å². The highest BCUT2D eigenvalue weighted by atomic mass is 19.3. The van der Waals surface area contributed by atoms with Crippen molar-refractivity contribution in [2.24, 2.45) is 0 Å². The number of carbonyl (C=O) groups excluding carboxylic acids is 3. The first-order valence-corrected chi connectivity index (χ1v) is 14.3. The second-order valence-corrected chi connectivity index (χ2v) is 11.1. The monoisotopic (exact) mass is 587 g/mol. The van der Waals surface area contributed by atoms with Crippen molar-refractivity contribution in [1.82, 2.24) is 9.80 Å². The molecule has 3 aromatic carbocycles. The lowest BCUT2D eigenvalue weighted by molar-refractivity contribution is -0.127. The quantitative estimate of drug-likeness (QED) is 0.318. The minimum absolute atomic E-state index is 0.152. The molecular weight excluding hydrogens is 552 g/mol. The molecule has 1 fully saturated rings. The Morgan fingerprint density at radius 3 is 2.26 bits per heavy atom. The van der Waals surface area contributed by atoms with Crippen molar-refractivity contribution in [3.8, 4) is 0 Å². The maximum atomic E-state index is 15.7. The molecule has 10 heteroatoms. The van der Waals surface area contributed by atoms with E-state index in [-0.39, 0.29) is 23.2 Å². The molecule has 0 bridgehead atoms. The highest BCUT2D eigenvalue weighted by Crippen LogP contribution is 2.43. The highest BCUT2D eigenvalue weighted by molar-refractivity contribution is 6.10. The summed E-state index contributed by atoms with van der Waals surface area (Å²) in [6, 6.07) is 19.7. The number of hydrogen-bond acceptors (Lipinski definition) is 5. The molecule has 0 unspecified atom stereocenters. The Balaban J connectivity index is 1.37. The molecular formula is C33H35F2N5O3. The van der Waals surface area contributed by atoms with Gasteiger partial charge in [-0.1, -0.05) is 30.3 Å². The average Bonchev–Trinajstić information content (AvgIpc) is 3.11. The third-order valence-corrected chi connectivity index (χ3v) is 8.14. The predicted molar refractivity (Wildman–Crippen MR) is 164 cm³/mol. The van der Waals surface area contributed by atoms with E-state index in [1.165, 1.54) is 23.1 Å². The third-order valence-electron chi connectivity index (χ3n) is 8.14. The summed E-state index contributed by atoms with van der Waals surface area (Å²) in [7, 11) is 3.99. The Labute approximate surface area is 249 Å². The van der Waals surface area contributed by atoms with Crippen molar-refractivity contribution in [2.75, 3.05) is 49.7 Å². The maximum Gasteiger partial charge on any atom is 0.275 e. The van der Waals surface area contributed by atoms with Gasteiger partial charge in [-0.15, -0.1) is 0 Å². The molecule has 0 saturated carbocycles. The summed E-state index contributed by atoms with van der Waals surface area (Å²) in [4.78, 5) is 44.5. The fraction of sp³-hybridized carbons (Fsp3) is 0.303. The second kappa shape index (κ2) is 12.3. The largest absolute Gasteiger partial charge is 0.398 e. The van der Waals surface area contributed by atoms with Crippen LogP contribution < -0.4 is 16.0 Å². The number of fused-ring (bicyclic) bond motifs is 1. The van der Waals surface area contributed by atoms with Crippen LogP contribution in [0, 0.1) is 0 Å². The smallest absolute Gasteiger partial charge is 0.275 e. The molecule has 43 heavy (non-hydrogen) atoms. The van der Waals surface area contributed by atoms with E-state index < -0.39 is 30.1 Å². The van der Waals surface area contributed by atoms with Gasteiger partial charge in [-0.25, -0.2) is 8.78 Å². The number of amides is 3. The Hall–Kier alpha value is -4.57. The zero-order valence-electron chi connectivity index (χ0n) is 24.2. The van der Waals surface area contributed by atoms with Gasteiger partial charge in [0.25, 0.3) is 17.7 Å². The molecule has 3 N–H and O–H groups in total. The standard InChI is InChI=1S/C33H35F2N5O3/c1-38(2)24-15-18-39(19-16-24)30(41)21-27-25-7-4-6-10-29(25)40(20-17-33(27,34)35)32(43)22-11-13-23(14-12-22)37-31(42)26-8-3-5-9-28(26)36/h3-14,21,24H,15-20,36H2,1-2H3,(H,37,42). The summed E-state index contributed by atoms with van der Waals surface area (Å²) in [6.07, 6.45) is 1.97. The SMILES string of the molecule is CN(C)C1CCN(C(=O)C=C2c3ccccc3N(C(=O)c3ccc(NC(=O)c4ccccc4N)cc3)CCC2(F)F)CC1. The molecule has 3 amide bonds. The number of piperidine rings is 1. The van der Waals surface area contributed by atoms with Crippen LogP contribution >= 0.6 is 0 Å². The number of nitrogen functional groups attached to an aromatic ring is 1. The van der Waals surface area contributed by atoms with Crippen molar-refractivity contribution >= 4 is 40.4 Å². The minimum Gasteiger partial charge on any atom is -0.398 e. The van der Waals surface area contributed by atoms with Gasteiger partial charge in [0.1, 0.15) is 0 Å². The lowest BCUT2D eigenvalue weighted by Gasteiger charge is -2.35. The number of nitrogens with one attached hydrogen (secondary N) is 1. The van der Waals surface area contributed by atoms with Gasteiger partial charge in [0, 0.05) is 66.2 Å². The fourth-order valence-corrected chi connectivity index (χ4v) is 5.61. The topological polar surface area (TPSA) is 99.0 Å². The molecule has 0 atom stereocenters. The van der Waals surface area contributed by atoms with Crippen LogP contribution in [0.3, 0.4) is 0 Å². The number of para-hydroxylation sites is 2. The number of halogens is 2. The zero-order valence-corrected chi connectivity index (χ0v) is 24.2. The lowest BCUT2D eigenvalue weighted by Crippen LogP contribution is -2.44. The lowest BCUT2D eigenvalue weighted by atomic mass is 9.96. The summed E-state index contributed by atoms with van der Waals surface area (Å²) < 4.78 is 31.3. The maximum absolute atomic E-state index is 15.7. The summed E-state index contributed by atoms with van der Waals surface area (Å²) in [5.74, 6) is -4.63.